The summed E-state index contributed by atoms with van der Waals surface area (Å²) in [7, 11) is 0. The number of fused-ring (bicyclic) bond motifs is 1. The van der Waals surface area contributed by atoms with Crippen LogP contribution in [0.2, 0.25) is 0 Å². The van der Waals surface area contributed by atoms with Crippen molar-refractivity contribution in [1.29, 1.82) is 0 Å². The second kappa shape index (κ2) is 4.02. The molecule has 0 aliphatic rings. The molecule has 0 atom stereocenters. The highest BCUT2D eigenvalue weighted by Gasteiger charge is 2.32. The Hall–Kier alpha value is -1.96. The number of hydrogen-bond acceptors (Lipinski definition) is 4. The molecular formula is C11H7F3N4S. The first kappa shape index (κ1) is 12.1. The topological polar surface area (TPSA) is 43.1 Å². The number of alkyl halides is 3. The predicted octanol–water partition coefficient (Wildman–Crippen LogP) is 3.18. The van der Waals surface area contributed by atoms with Gasteiger partial charge in [-0.25, -0.2) is 9.50 Å². The predicted molar refractivity (Wildman–Crippen MR) is 63.8 cm³/mol. The average molecular weight is 284 g/mol. The molecule has 3 aromatic heterocycles. The van der Waals surface area contributed by atoms with Crippen molar-refractivity contribution in [3.8, 4) is 11.3 Å². The van der Waals surface area contributed by atoms with Crippen LogP contribution in [0.5, 0.6) is 0 Å². The van der Waals surface area contributed by atoms with E-state index < -0.39 is 11.9 Å². The van der Waals surface area contributed by atoms with Gasteiger partial charge < -0.3 is 0 Å². The van der Waals surface area contributed by atoms with E-state index in [1.807, 2.05) is 6.92 Å². The summed E-state index contributed by atoms with van der Waals surface area (Å²) in [5.74, 6) is 0. The van der Waals surface area contributed by atoms with E-state index in [2.05, 4.69) is 15.1 Å². The minimum Gasteiger partial charge on any atom is -0.251 e. The number of aromatic nitrogens is 4. The molecule has 8 heteroatoms. The van der Waals surface area contributed by atoms with Crippen LogP contribution in [0.25, 0.3) is 16.2 Å². The third kappa shape index (κ3) is 2.19. The van der Waals surface area contributed by atoms with Gasteiger partial charge in [-0.1, -0.05) is 11.3 Å². The van der Waals surface area contributed by atoms with Gasteiger partial charge in [0.15, 0.2) is 0 Å². The summed E-state index contributed by atoms with van der Waals surface area (Å²) in [6, 6.07) is 2.30. The van der Waals surface area contributed by atoms with Gasteiger partial charge in [-0.15, -0.1) is 0 Å². The van der Waals surface area contributed by atoms with Gasteiger partial charge in [0.25, 0.3) is 0 Å². The summed E-state index contributed by atoms with van der Waals surface area (Å²) >= 11 is 1.42. The van der Waals surface area contributed by atoms with Gasteiger partial charge in [-0.3, -0.25) is 4.98 Å². The molecule has 0 amide bonds. The number of nitrogens with zero attached hydrogens (tertiary/aromatic N) is 4. The van der Waals surface area contributed by atoms with Gasteiger partial charge >= 0.3 is 6.18 Å². The largest absolute Gasteiger partial charge is 0.433 e. The second-order valence-electron chi connectivity index (χ2n) is 3.90. The maximum Gasteiger partial charge on any atom is 0.433 e. The maximum absolute atomic E-state index is 12.4. The van der Waals surface area contributed by atoms with E-state index in [-0.39, 0.29) is 0 Å². The van der Waals surface area contributed by atoms with E-state index in [1.165, 1.54) is 23.6 Å². The van der Waals surface area contributed by atoms with Gasteiger partial charge in [-0.05, 0) is 19.1 Å². The third-order valence-corrected chi connectivity index (χ3v) is 3.33. The molecule has 0 aliphatic heterocycles. The van der Waals surface area contributed by atoms with Crippen molar-refractivity contribution in [2.24, 2.45) is 0 Å². The Labute approximate surface area is 109 Å². The van der Waals surface area contributed by atoms with Crippen molar-refractivity contribution in [2.45, 2.75) is 13.1 Å². The van der Waals surface area contributed by atoms with Crippen LogP contribution in [0.4, 0.5) is 13.2 Å². The highest BCUT2D eigenvalue weighted by atomic mass is 32.1. The molecule has 0 N–H and O–H groups in total. The molecule has 98 valence electrons. The van der Waals surface area contributed by atoms with Crippen LogP contribution in [0.1, 0.15) is 10.7 Å². The van der Waals surface area contributed by atoms with Gasteiger partial charge in [0, 0.05) is 11.8 Å². The Kier molecular flexibility index (Phi) is 2.56. The molecule has 0 radical (unpaired) electrons. The molecule has 3 aromatic rings. The lowest BCUT2D eigenvalue weighted by atomic mass is 10.2. The van der Waals surface area contributed by atoms with Crippen molar-refractivity contribution in [3.05, 3.63) is 35.2 Å². The Bertz CT molecular complexity index is 695. The molecule has 0 fully saturated rings. The standard InChI is InChI=1S/C11H7F3N4S/c1-6-17-18-5-8(16-10(18)19-6)7-2-3-9(15-4-7)11(12,13)14/h2-5H,1H3. The zero-order chi connectivity index (χ0) is 13.6. The number of halogens is 3. The van der Waals surface area contributed by atoms with Crippen molar-refractivity contribution < 1.29 is 13.2 Å². The number of imidazole rings is 1. The molecule has 3 heterocycles. The van der Waals surface area contributed by atoms with Gasteiger partial charge in [0.05, 0.1) is 11.9 Å². The summed E-state index contributed by atoms with van der Waals surface area (Å²) in [5, 5.41) is 5.06. The number of aryl methyl sites for hydroxylation is 1. The lowest BCUT2D eigenvalue weighted by Crippen LogP contribution is -2.07. The number of hydrogen-bond donors (Lipinski definition) is 0. The highest BCUT2D eigenvalue weighted by molar-refractivity contribution is 7.16. The van der Waals surface area contributed by atoms with E-state index in [1.54, 1.807) is 10.7 Å². The first-order valence-electron chi connectivity index (χ1n) is 5.30. The SMILES string of the molecule is Cc1nn2cc(-c3ccc(C(F)(F)F)nc3)nc2s1. The van der Waals surface area contributed by atoms with Crippen LogP contribution in [0, 0.1) is 6.92 Å². The van der Waals surface area contributed by atoms with Crippen molar-refractivity contribution in [3.63, 3.8) is 0 Å². The lowest BCUT2D eigenvalue weighted by Gasteiger charge is -2.05. The fourth-order valence-electron chi connectivity index (χ4n) is 1.65. The Morgan fingerprint density at radius 1 is 1.26 bits per heavy atom. The summed E-state index contributed by atoms with van der Waals surface area (Å²) in [4.78, 5) is 8.40. The van der Waals surface area contributed by atoms with E-state index in [4.69, 9.17) is 0 Å². The zero-order valence-corrected chi connectivity index (χ0v) is 10.5. The van der Waals surface area contributed by atoms with Gasteiger partial charge in [0.2, 0.25) is 4.96 Å². The van der Waals surface area contributed by atoms with E-state index in [0.29, 0.717) is 16.2 Å². The summed E-state index contributed by atoms with van der Waals surface area (Å²) in [5.41, 5.74) is 0.176. The average Bonchev–Trinajstić information content (AvgIpc) is 2.85. The van der Waals surface area contributed by atoms with Crippen molar-refractivity contribution in [2.75, 3.05) is 0 Å². The number of pyridine rings is 1. The molecular weight excluding hydrogens is 277 g/mol. The fourth-order valence-corrected chi connectivity index (χ4v) is 2.38. The van der Waals surface area contributed by atoms with E-state index in [0.717, 1.165) is 11.1 Å². The Balaban J connectivity index is 1.99. The first-order chi connectivity index (χ1) is 8.93. The van der Waals surface area contributed by atoms with Crippen LogP contribution in [0.15, 0.2) is 24.5 Å². The molecule has 0 aliphatic carbocycles. The lowest BCUT2D eigenvalue weighted by molar-refractivity contribution is -0.141. The quantitative estimate of drug-likeness (QED) is 0.689. The van der Waals surface area contributed by atoms with Gasteiger partial charge in [0.1, 0.15) is 10.7 Å². The van der Waals surface area contributed by atoms with Crippen molar-refractivity contribution in [1.82, 2.24) is 19.6 Å². The first-order valence-corrected chi connectivity index (χ1v) is 6.11. The molecule has 0 saturated heterocycles. The molecule has 19 heavy (non-hydrogen) atoms. The molecule has 0 unspecified atom stereocenters. The van der Waals surface area contributed by atoms with E-state index in [9.17, 15) is 13.2 Å². The summed E-state index contributed by atoms with van der Waals surface area (Å²) in [6.07, 6.45) is -1.59. The normalized spacial score (nSPS) is 12.2. The second-order valence-corrected chi connectivity index (χ2v) is 5.06. The Morgan fingerprint density at radius 3 is 2.63 bits per heavy atom. The molecule has 0 saturated carbocycles. The fraction of sp³-hybridized carbons (Fsp3) is 0.182. The smallest absolute Gasteiger partial charge is 0.251 e. The molecule has 0 aromatic carbocycles. The third-order valence-electron chi connectivity index (χ3n) is 2.49. The minimum atomic E-state index is -4.42. The zero-order valence-electron chi connectivity index (χ0n) is 9.64. The number of rotatable bonds is 1. The van der Waals surface area contributed by atoms with Crippen molar-refractivity contribution >= 4 is 16.3 Å². The van der Waals surface area contributed by atoms with Crippen LogP contribution in [0.3, 0.4) is 0 Å². The summed E-state index contributed by atoms with van der Waals surface area (Å²) in [6.45, 7) is 1.86. The van der Waals surface area contributed by atoms with Crippen LogP contribution in [-0.2, 0) is 6.18 Å². The monoisotopic (exact) mass is 284 g/mol. The van der Waals surface area contributed by atoms with Crippen LogP contribution < -0.4 is 0 Å². The molecule has 0 spiro atoms. The molecule has 4 nitrogen and oxygen atoms in total. The van der Waals surface area contributed by atoms with Gasteiger partial charge in [-0.2, -0.15) is 18.3 Å². The minimum absolute atomic E-state index is 0.531. The Morgan fingerprint density at radius 2 is 2.05 bits per heavy atom. The maximum atomic E-state index is 12.4. The van der Waals surface area contributed by atoms with E-state index >= 15 is 0 Å². The van der Waals surface area contributed by atoms with Crippen LogP contribution in [-0.4, -0.2) is 19.6 Å². The molecule has 0 bridgehead atoms. The molecule has 3 rings (SSSR count). The highest BCUT2D eigenvalue weighted by Crippen LogP contribution is 2.29. The summed E-state index contributed by atoms with van der Waals surface area (Å²) < 4.78 is 38.8. The van der Waals surface area contributed by atoms with Crippen LogP contribution >= 0.6 is 11.3 Å².